The van der Waals surface area contributed by atoms with Gasteiger partial charge in [0.05, 0.1) is 36.2 Å². The van der Waals surface area contributed by atoms with Crippen LogP contribution < -0.4 is 4.90 Å². The second kappa shape index (κ2) is 7.00. The fraction of sp³-hybridized carbons (Fsp3) is 0.400. The smallest absolute Gasteiger partial charge is 0.179 e. The lowest BCUT2D eigenvalue weighted by Crippen LogP contribution is -2.44. The predicted octanol–water partition coefficient (Wildman–Crippen LogP) is 2.31. The molecule has 0 unspecified atom stereocenters. The molecule has 150 valence electrons. The van der Waals surface area contributed by atoms with E-state index in [2.05, 4.69) is 40.1 Å². The minimum Gasteiger partial charge on any atom is -0.377 e. The van der Waals surface area contributed by atoms with Gasteiger partial charge in [-0.25, -0.2) is 9.50 Å². The Kier molecular flexibility index (Phi) is 4.31. The van der Waals surface area contributed by atoms with Crippen LogP contribution in [0.1, 0.15) is 19.5 Å². The number of hydrogen-bond acceptors (Lipinski definition) is 6. The maximum atomic E-state index is 5.63. The molecule has 0 saturated carbocycles. The van der Waals surface area contributed by atoms with E-state index in [0.717, 1.165) is 52.8 Å². The molecule has 0 amide bonds. The van der Waals surface area contributed by atoms with Crippen molar-refractivity contribution in [1.29, 1.82) is 0 Å². The van der Waals surface area contributed by atoms with Crippen LogP contribution in [-0.4, -0.2) is 60.4 Å². The van der Waals surface area contributed by atoms with Crippen LogP contribution in [0.15, 0.2) is 30.6 Å². The average molecular weight is 392 g/mol. The summed E-state index contributed by atoms with van der Waals surface area (Å²) in [6.45, 7) is 6.47. The predicted molar refractivity (Wildman–Crippen MR) is 110 cm³/mol. The molecule has 1 fully saturated rings. The summed E-state index contributed by atoms with van der Waals surface area (Å²) in [5.41, 5.74) is 4.95. The molecule has 1 aliphatic heterocycles. The number of H-pyrrole nitrogens is 1. The molecule has 29 heavy (non-hydrogen) atoms. The highest BCUT2D eigenvalue weighted by atomic mass is 16.5. The van der Waals surface area contributed by atoms with Crippen molar-refractivity contribution in [2.24, 2.45) is 7.05 Å². The quantitative estimate of drug-likeness (QED) is 0.573. The van der Waals surface area contributed by atoms with Gasteiger partial charge < -0.3 is 9.64 Å². The van der Waals surface area contributed by atoms with Gasteiger partial charge in [0.2, 0.25) is 0 Å². The van der Waals surface area contributed by atoms with Gasteiger partial charge in [-0.05, 0) is 31.5 Å². The van der Waals surface area contributed by atoms with E-state index in [1.807, 2.05) is 34.6 Å². The largest absolute Gasteiger partial charge is 0.377 e. The lowest BCUT2D eigenvalue weighted by Gasteiger charge is -2.34. The van der Waals surface area contributed by atoms with Crippen molar-refractivity contribution in [3.63, 3.8) is 0 Å². The monoisotopic (exact) mass is 392 g/mol. The number of nitrogens with zero attached hydrogens (tertiary/aromatic N) is 7. The maximum absolute atomic E-state index is 5.63. The van der Waals surface area contributed by atoms with Crippen molar-refractivity contribution in [1.82, 2.24) is 34.6 Å². The second-order valence-corrected chi connectivity index (χ2v) is 7.34. The first-order valence-electron chi connectivity index (χ1n) is 9.92. The van der Waals surface area contributed by atoms with Crippen molar-refractivity contribution in [3.05, 3.63) is 36.3 Å². The van der Waals surface area contributed by atoms with Gasteiger partial charge in [0.25, 0.3) is 0 Å². The van der Waals surface area contributed by atoms with Crippen LogP contribution in [0.25, 0.3) is 28.3 Å². The molecule has 4 aromatic rings. The number of rotatable bonds is 4. The summed E-state index contributed by atoms with van der Waals surface area (Å²) in [6, 6.07) is 6.36. The van der Waals surface area contributed by atoms with E-state index in [1.165, 1.54) is 0 Å². The van der Waals surface area contributed by atoms with Crippen LogP contribution in [0.5, 0.6) is 0 Å². The highest BCUT2D eigenvalue weighted by Gasteiger charge is 2.25. The Hall–Kier alpha value is -3.20. The van der Waals surface area contributed by atoms with Crippen molar-refractivity contribution < 1.29 is 4.74 Å². The van der Waals surface area contributed by atoms with Gasteiger partial charge in [-0.3, -0.25) is 9.78 Å². The van der Waals surface area contributed by atoms with Gasteiger partial charge in [-0.15, -0.1) is 5.10 Å². The number of imidazole rings is 1. The third-order valence-electron chi connectivity index (χ3n) is 5.49. The molecule has 9 nitrogen and oxygen atoms in total. The third kappa shape index (κ3) is 2.89. The summed E-state index contributed by atoms with van der Waals surface area (Å²) in [7, 11) is 1.96. The van der Waals surface area contributed by atoms with E-state index in [0.29, 0.717) is 13.2 Å². The van der Waals surface area contributed by atoms with Gasteiger partial charge in [0.15, 0.2) is 11.6 Å². The Labute approximate surface area is 168 Å². The van der Waals surface area contributed by atoms with Gasteiger partial charge >= 0.3 is 0 Å². The first-order valence-corrected chi connectivity index (χ1v) is 9.92. The Morgan fingerprint density at radius 1 is 1.28 bits per heavy atom. The molecular weight excluding hydrogens is 368 g/mol. The SMILES string of the molecule is CCc1nc(-c2ccn[nH]2)n2nc(N3CCOC[C@H]3C)cc(-c3ccnn3C)c12. The topological polar surface area (TPSA) is 89.2 Å². The van der Waals surface area contributed by atoms with Crippen LogP contribution in [0.2, 0.25) is 0 Å². The van der Waals surface area contributed by atoms with E-state index in [4.69, 9.17) is 14.8 Å². The fourth-order valence-corrected chi connectivity index (χ4v) is 3.99. The summed E-state index contributed by atoms with van der Waals surface area (Å²) in [5.74, 6) is 1.67. The van der Waals surface area contributed by atoms with Crippen molar-refractivity contribution in [3.8, 4) is 22.8 Å². The first-order chi connectivity index (χ1) is 14.2. The van der Waals surface area contributed by atoms with Crippen LogP contribution >= 0.6 is 0 Å². The minimum absolute atomic E-state index is 0.248. The molecule has 5 rings (SSSR count). The van der Waals surface area contributed by atoms with E-state index in [1.54, 1.807) is 6.20 Å². The highest BCUT2D eigenvalue weighted by Crippen LogP contribution is 2.33. The zero-order valence-corrected chi connectivity index (χ0v) is 16.8. The molecule has 0 aromatic carbocycles. The fourth-order valence-electron chi connectivity index (χ4n) is 3.99. The molecule has 1 aliphatic rings. The maximum Gasteiger partial charge on any atom is 0.179 e. The number of aromatic amines is 1. The Morgan fingerprint density at radius 2 is 2.17 bits per heavy atom. The van der Waals surface area contributed by atoms with Crippen LogP contribution in [0.4, 0.5) is 5.82 Å². The molecule has 0 aliphatic carbocycles. The van der Waals surface area contributed by atoms with Gasteiger partial charge in [-0.1, -0.05) is 6.92 Å². The van der Waals surface area contributed by atoms with E-state index >= 15 is 0 Å². The number of fused-ring (bicyclic) bond motifs is 1. The zero-order chi connectivity index (χ0) is 20.0. The van der Waals surface area contributed by atoms with Crippen LogP contribution in [0.3, 0.4) is 0 Å². The highest BCUT2D eigenvalue weighted by molar-refractivity contribution is 5.84. The second-order valence-electron chi connectivity index (χ2n) is 7.34. The molecule has 0 spiro atoms. The van der Waals surface area contributed by atoms with Gasteiger partial charge in [0, 0.05) is 31.5 Å². The molecule has 9 heteroatoms. The van der Waals surface area contributed by atoms with Crippen LogP contribution in [0, 0.1) is 0 Å². The van der Waals surface area contributed by atoms with Crippen molar-refractivity contribution >= 4 is 11.3 Å². The average Bonchev–Trinajstić information content (AvgIpc) is 3.47. The third-order valence-corrected chi connectivity index (χ3v) is 5.49. The number of ether oxygens (including phenoxy) is 1. The molecule has 1 saturated heterocycles. The minimum atomic E-state index is 0.248. The summed E-state index contributed by atoms with van der Waals surface area (Å²) in [6.07, 6.45) is 4.36. The molecule has 1 N–H and O–H groups in total. The number of aromatic nitrogens is 7. The van der Waals surface area contributed by atoms with Crippen molar-refractivity contribution in [2.75, 3.05) is 24.7 Å². The summed E-state index contributed by atoms with van der Waals surface area (Å²) >= 11 is 0. The summed E-state index contributed by atoms with van der Waals surface area (Å²) in [4.78, 5) is 7.21. The molecule has 5 heterocycles. The number of hydrogen-bond donors (Lipinski definition) is 1. The lowest BCUT2D eigenvalue weighted by molar-refractivity contribution is 0.0984. The van der Waals surface area contributed by atoms with Gasteiger partial charge in [0.1, 0.15) is 5.69 Å². The van der Waals surface area contributed by atoms with Gasteiger partial charge in [-0.2, -0.15) is 10.2 Å². The Balaban J connectivity index is 1.82. The number of nitrogens with one attached hydrogen (secondary N) is 1. The Morgan fingerprint density at radius 3 is 2.86 bits per heavy atom. The molecule has 0 radical (unpaired) electrons. The van der Waals surface area contributed by atoms with Crippen LogP contribution in [-0.2, 0) is 18.2 Å². The molecular formula is C20H24N8O. The first kappa shape index (κ1) is 17.9. The Bertz CT molecular complexity index is 1140. The standard InChI is InChI=1S/C20H24N8O/c1-4-15-19-14(17-6-8-22-26(17)3)11-18(27-9-10-29-12-13(27)2)25-28(19)20(23-15)16-5-7-21-24-16/h5-8,11,13H,4,9-10,12H2,1-3H3,(H,21,24)/t13-/m1/s1. The van der Waals surface area contributed by atoms with E-state index in [-0.39, 0.29) is 6.04 Å². The summed E-state index contributed by atoms with van der Waals surface area (Å²) in [5, 5.41) is 16.5. The molecule has 0 bridgehead atoms. The number of anilines is 1. The van der Waals surface area contributed by atoms with Crippen molar-refractivity contribution in [2.45, 2.75) is 26.3 Å². The lowest BCUT2D eigenvalue weighted by atomic mass is 10.1. The number of morpholine rings is 1. The zero-order valence-electron chi connectivity index (χ0n) is 16.8. The summed E-state index contributed by atoms with van der Waals surface area (Å²) < 4.78 is 9.47. The number of aryl methyl sites for hydroxylation is 2. The normalized spacial score (nSPS) is 17.3. The molecule has 4 aromatic heterocycles. The van der Waals surface area contributed by atoms with E-state index < -0.39 is 0 Å². The van der Waals surface area contributed by atoms with E-state index in [9.17, 15) is 0 Å². The molecule has 1 atom stereocenters.